The van der Waals surface area contributed by atoms with Crippen LogP contribution in [0.25, 0.3) is 6.08 Å². The predicted molar refractivity (Wildman–Crippen MR) is 109 cm³/mol. The lowest BCUT2D eigenvalue weighted by atomic mass is 10.1. The molecule has 0 saturated carbocycles. The Morgan fingerprint density at radius 1 is 1.07 bits per heavy atom. The molecule has 0 atom stereocenters. The van der Waals surface area contributed by atoms with Crippen LogP contribution in [0.5, 0.6) is 5.75 Å². The minimum Gasteiger partial charge on any atom is -0.484 e. The van der Waals surface area contributed by atoms with Crippen LogP contribution in [0.15, 0.2) is 72.1 Å². The molecule has 1 amide bonds. The van der Waals surface area contributed by atoms with Crippen LogP contribution in [0.1, 0.15) is 20.8 Å². The van der Waals surface area contributed by atoms with Crippen molar-refractivity contribution in [3.05, 3.63) is 88.1 Å². The van der Waals surface area contributed by atoms with Gasteiger partial charge in [-0.05, 0) is 59.8 Å². The summed E-state index contributed by atoms with van der Waals surface area (Å²) in [6.07, 6.45) is 3.31. The number of carbonyl (C=O) groups is 2. The fourth-order valence-electron chi connectivity index (χ4n) is 2.40. The highest BCUT2D eigenvalue weighted by molar-refractivity contribution is 7.12. The first-order chi connectivity index (χ1) is 13.1. The number of rotatable bonds is 7. The monoisotopic (exact) mass is 377 g/mol. The molecule has 3 rings (SSSR count). The van der Waals surface area contributed by atoms with Gasteiger partial charge in [0.15, 0.2) is 12.4 Å². The van der Waals surface area contributed by atoms with E-state index < -0.39 is 0 Å². The lowest BCUT2D eigenvalue weighted by Gasteiger charge is -2.08. The Balaban J connectivity index is 1.51. The lowest BCUT2D eigenvalue weighted by molar-refractivity contribution is -0.118. The number of allylic oxidation sites excluding steroid dienone is 1. The van der Waals surface area contributed by atoms with Gasteiger partial charge in [0.2, 0.25) is 0 Å². The SMILES string of the molecule is Cc1cccc(OCC(=O)Nc2ccc(/C=C/C(=O)c3cccs3)cc2)c1. The van der Waals surface area contributed by atoms with E-state index in [4.69, 9.17) is 4.74 Å². The molecule has 2 aromatic carbocycles. The Morgan fingerprint density at radius 3 is 2.59 bits per heavy atom. The summed E-state index contributed by atoms with van der Waals surface area (Å²) >= 11 is 1.42. The van der Waals surface area contributed by atoms with Crippen molar-refractivity contribution in [1.29, 1.82) is 0 Å². The van der Waals surface area contributed by atoms with Crippen molar-refractivity contribution in [2.75, 3.05) is 11.9 Å². The van der Waals surface area contributed by atoms with Gasteiger partial charge in [0.25, 0.3) is 5.91 Å². The van der Waals surface area contributed by atoms with Crippen molar-refractivity contribution in [2.24, 2.45) is 0 Å². The zero-order chi connectivity index (χ0) is 19.1. The maximum Gasteiger partial charge on any atom is 0.262 e. The molecule has 5 heteroatoms. The molecule has 136 valence electrons. The summed E-state index contributed by atoms with van der Waals surface area (Å²) in [5, 5.41) is 4.66. The van der Waals surface area contributed by atoms with E-state index in [0.29, 0.717) is 16.3 Å². The molecule has 4 nitrogen and oxygen atoms in total. The molecule has 0 saturated heterocycles. The smallest absolute Gasteiger partial charge is 0.262 e. The maximum atomic E-state index is 12.0. The van der Waals surface area contributed by atoms with Gasteiger partial charge < -0.3 is 10.1 Å². The number of hydrogen-bond donors (Lipinski definition) is 1. The number of aryl methyl sites for hydroxylation is 1. The molecule has 0 aliphatic heterocycles. The number of nitrogens with one attached hydrogen (secondary N) is 1. The van der Waals surface area contributed by atoms with E-state index in [2.05, 4.69) is 5.32 Å². The number of thiophene rings is 1. The Labute approximate surface area is 162 Å². The normalized spacial score (nSPS) is 10.7. The van der Waals surface area contributed by atoms with Gasteiger partial charge in [-0.15, -0.1) is 11.3 Å². The van der Waals surface area contributed by atoms with Crippen molar-refractivity contribution in [3.8, 4) is 5.75 Å². The van der Waals surface area contributed by atoms with Crippen LogP contribution in [-0.4, -0.2) is 18.3 Å². The van der Waals surface area contributed by atoms with E-state index in [1.54, 1.807) is 30.4 Å². The molecule has 0 fully saturated rings. The van der Waals surface area contributed by atoms with Crippen LogP contribution in [0.3, 0.4) is 0 Å². The summed E-state index contributed by atoms with van der Waals surface area (Å²) in [4.78, 5) is 24.7. The van der Waals surface area contributed by atoms with Crippen molar-refractivity contribution in [3.63, 3.8) is 0 Å². The molecular formula is C22H19NO3S. The maximum absolute atomic E-state index is 12.0. The standard InChI is InChI=1S/C22H19NO3S/c1-16-4-2-5-19(14-16)26-15-22(25)23-18-10-7-17(8-11-18)9-12-20(24)21-6-3-13-27-21/h2-14H,15H2,1H3,(H,23,25)/b12-9+. The zero-order valence-corrected chi connectivity index (χ0v) is 15.7. The summed E-state index contributed by atoms with van der Waals surface area (Å²) in [6, 6.07) is 18.5. The Hall–Kier alpha value is -3.18. The molecule has 1 heterocycles. The van der Waals surface area contributed by atoms with Gasteiger partial charge in [0.1, 0.15) is 5.75 Å². The Bertz CT molecular complexity index is 944. The summed E-state index contributed by atoms with van der Waals surface area (Å²) in [5.74, 6) is 0.421. The van der Waals surface area contributed by atoms with E-state index in [9.17, 15) is 9.59 Å². The minimum atomic E-state index is -0.229. The van der Waals surface area contributed by atoms with E-state index >= 15 is 0 Å². The van der Waals surface area contributed by atoms with E-state index in [0.717, 1.165) is 11.1 Å². The second-order valence-electron chi connectivity index (χ2n) is 5.95. The van der Waals surface area contributed by atoms with E-state index in [1.807, 2.05) is 54.8 Å². The quantitative estimate of drug-likeness (QED) is 0.467. The number of ketones is 1. The van der Waals surface area contributed by atoms with Gasteiger partial charge in [-0.3, -0.25) is 9.59 Å². The van der Waals surface area contributed by atoms with Crippen LogP contribution in [0.2, 0.25) is 0 Å². The number of hydrogen-bond acceptors (Lipinski definition) is 4. The molecule has 1 N–H and O–H groups in total. The molecule has 0 aliphatic rings. The average Bonchev–Trinajstić information content (AvgIpc) is 3.21. The van der Waals surface area contributed by atoms with Crippen LogP contribution in [0, 0.1) is 6.92 Å². The first kappa shape index (κ1) is 18.6. The average molecular weight is 377 g/mol. The highest BCUT2D eigenvalue weighted by Gasteiger charge is 2.05. The largest absolute Gasteiger partial charge is 0.484 e. The fourth-order valence-corrected chi connectivity index (χ4v) is 3.05. The van der Waals surface area contributed by atoms with Gasteiger partial charge in [0.05, 0.1) is 4.88 Å². The Kier molecular flexibility index (Phi) is 6.18. The molecule has 0 spiro atoms. The van der Waals surface area contributed by atoms with Crippen molar-refractivity contribution >= 4 is 34.8 Å². The van der Waals surface area contributed by atoms with Crippen LogP contribution in [0.4, 0.5) is 5.69 Å². The minimum absolute atomic E-state index is 0.0179. The van der Waals surface area contributed by atoms with Crippen LogP contribution >= 0.6 is 11.3 Å². The lowest BCUT2D eigenvalue weighted by Crippen LogP contribution is -2.20. The predicted octanol–water partition coefficient (Wildman–Crippen LogP) is 4.97. The van der Waals surface area contributed by atoms with Crippen molar-refractivity contribution in [1.82, 2.24) is 0 Å². The summed E-state index contributed by atoms with van der Waals surface area (Å²) in [5.41, 5.74) is 2.64. The Morgan fingerprint density at radius 2 is 1.89 bits per heavy atom. The number of ether oxygens (including phenoxy) is 1. The topological polar surface area (TPSA) is 55.4 Å². The first-order valence-corrected chi connectivity index (χ1v) is 9.33. The third kappa shape index (κ3) is 5.66. The van der Waals surface area contributed by atoms with Crippen molar-refractivity contribution in [2.45, 2.75) is 6.92 Å². The van der Waals surface area contributed by atoms with Gasteiger partial charge in [-0.1, -0.05) is 36.4 Å². The van der Waals surface area contributed by atoms with Gasteiger partial charge in [-0.2, -0.15) is 0 Å². The number of benzene rings is 2. The van der Waals surface area contributed by atoms with E-state index in [-0.39, 0.29) is 18.3 Å². The van der Waals surface area contributed by atoms with Gasteiger partial charge in [0, 0.05) is 5.69 Å². The summed E-state index contributed by atoms with van der Waals surface area (Å²) in [7, 11) is 0. The van der Waals surface area contributed by atoms with Crippen LogP contribution < -0.4 is 10.1 Å². The van der Waals surface area contributed by atoms with Gasteiger partial charge in [-0.25, -0.2) is 0 Å². The summed E-state index contributed by atoms with van der Waals surface area (Å²) in [6.45, 7) is 1.91. The second-order valence-corrected chi connectivity index (χ2v) is 6.90. The molecule has 3 aromatic rings. The molecule has 0 radical (unpaired) electrons. The number of anilines is 1. The van der Waals surface area contributed by atoms with Crippen molar-refractivity contribution < 1.29 is 14.3 Å². The second kappa shape index (κ2) is 8.96. The number of carbonyl (C=O) groups excluding carboxylic acids is 2. The summed E-state index contributed by atoms with van der Waals surface area (Å²) < 4.78 is 5.49. The third-order valence-corrected chi connectivity index (χ3v) is 4.63. The third-order valence-electron chi connectivity index (χ3n) is 3.75. The molecule has 0 aliphatic carbocycles. The molecule has 0 unspecified atom stereocenters. The zero-order valence-electron chi connectivity index (χ0n) is 14.8. The molecule has 1 aromatic heterocycles. The van der Waals surface area contributed by atoms with Gasteiger partial charge >= 0.3 is 0 Å². The van der Waals surface area contributed by atoms with Crippen LogP contribution in [-0.2, 0) is 4.79 Å². The van der Waals surface area contributed by atoms with E-state index in [1.165, 1.54) is 11.3 Å². The number of amides is 1. The molecular weight excluding hydrogens is 358 g/mol. The fraction of sp³-hybridized carbons (Fsp3) is 0.0909. The first-order valence-electron chi connectivity index (χ1n) is 8.45. The molecule has 27 heavy (non-hydrogen) atoms. The molecule has 0 bridgehead atoms. The highest BCUT2D eigenvalue weighted by Crippen LogP contribution is 2.15. The highest BCUT2D eigenvalue weighted by atomic mass is 32.1.